The molecule has 0 aliphatic heterocycles. The first-order valence-electron chi connectivity index (χ1n) is 6.61. The number of hydrogen-bond donors (Lipinski definition) is 2. The molecule has 0 heterocycles. The van der Waals surface area contributed by atoms with Gasteiger partial charge in [-0.15, -0.1) is 11.8 Å². The van der Waals surface area contributed by atoms with Crippen molar-refractivity contribution in [1.29, 1.82) is 0 Å². The van der Waals surface area contributed by atoms with Crippen LogP contribution in [0.25, 0.3) is 0 Å². The zero-order valence-electron chi connectivity index (χ0n) is 12.1. The van der Waals surface area contributed by atoms with Gasteiger partial charge in [0, 0.05) is 4.90 Å². The average Bonchev–Trinajstić information content (AvgIpc) is 2.54. The Morgan fingerprint density at radius 3 is 2.52 bits per heavy atom. The van der Waals surface area contributed by atoms with Gasteiger partial charge in [-0.05, 0) is 42.0 Å². The lowest BCUT2D eigenvalue weighted by Crippen LogP contribution is -2.29. The minimum absolute atomic E-state index is 0.150. The van der Waals surface area contributed by atoms with E-state index >= 15 is 0 Å². The summed E-state index contributed by atoms with van der Waals surface area (Å²) in [6.07, 6.45) is 2.48. The highest BCUT2D eigenvalue weighted by atomic mass is 32.2. The fourth-order valence-corrected chi connectivity index (χ4v) is 2.61. The van der Waals surface area contributed by atoms with E-state index in [1.54, 1.807) is 30.0 Å². The van der Waals surface area contributed by atoms with Crippen molar-refractivity contribution in [1.82, 2.24) is 5.43 Å². The predicted octanol–water partition coefficient (Wildman–Crippen LogP) is 3.30. The van der Waals surface area contributed by atoms with Gasteiger partial charge in [0.05, 0.1) is 13.2 Å². The second-order valence-electron chi connectivity index (χ2n) is 4.63. The molecule has 0 saturated heterocycles. The largest absolute Gasteiger partial charge is 0.494 e. The second kappa shape index (κ2) is 7.45. The Kier molecular flexibility index (Phi) is 5.61. The molecule has 0 fully saturated rings. The number of rotatable bonds is 6. The molecule has 0 radical (unpaired) electrons. The van der Waals surface area contributed by atoms with Crippen LogP contribution in [-0.2, 0) is 6.42 Å². The molecule has 0 saturated carbocycles. The van der Waals surface area contributed by atoms with Crippen LogP contribution in [0.2, 0.25) is 0 Å². The highest BCUT2D eigenvalue weighted by molar-refractivity contribution is 7.98. The Morgan fingerprint density at radius 2 is 1.95 bits per heavy atom. The van der Waals surface area contributed by atoms with Gasteiger partial charge in [0.1, 0.15) is 0 Å². The quantitative estimate of drug-likeness (QED) is 0.488. The van der Waals surface area contributed by atoms with E-state index in [1.165, 1.54) is 12.0 Å². The zero-order chi connectivity index (χ0) is 15.2. The van der Waals surface area contributed by atoms with E-state index in [1.807, 2.05) is 30.5 Å². The number of hydrazine groups is 1. The van der Waals surface area contributed by atoms with Crippen molar-refractivity contribution in [3.05, 3.63) is 59.4 Å². The van der Waals surface area contributed by atoms with E-state index < -0.39 is 0 Å². The number of ether oxygens (including phenoxy) is 1. The highest BCUT2D eigenvalue weighted by Gasteiger charge is 2.15. The Bertz CT molecular complexity index is 589. The fraction of sp³-hybridized carbons (Fsp3) is 0.250. The Morgan fingerprint density at radius 1 is 1.24 bits per heavy atom. The Hall–Kier alpha value is -1.56. The minimum Gasteiger partial charge on any atom is -0.494 e. The summed E-state index contributed by atoms with van der Waals surface area (Å²) in [6.45, 7) is 0. The number of nitrogens with two attached hydrogens (primary N) is 1. The number of hydrogen-bond acceptors (Lipinski definition) is 4. The van der Waals surface area contributed by atoms with Crippen LogP contribution in [0.4, 0.5) is 4.39 Å². The zero-order valence-corrected chi connectivity index (χ0v) is 12.9. The van der Waals surface area contributed by atoms with Crippen LogP contribution < -0.4 is 16.0 Å². The third-order valence-electron chi connectivity index (χ3n) is 3.41. The summed E-state index contributed by atoms with van der Waals surface area (Å²) in [6, 6.07) is 13.1. The molecule has 1 atom stereocenters. The molecule has 3 N–H and O–H groups in total. The van der Waals surface area contributed by atoms with Gasteiger partial charge in [-0.2, -0.15) is 0 Å². The van der Waals surface area contributed by atoms with Crippen molar-refractivity contribution >= 4 is 11.8 Å². The predicted molar refractivity (Wildman–Crippen MR) is 84.9 cm³/mol. The fourth-order valence-electron chi connectivity index (χ4n) is 2.20. The molecule has 0 amide bonds. The first-order valence-corrected chi connectivity index (χ1v) is 7.83. The minimum atomic E-state index is -0.332. The normalized spacial score (nSPS) is 12.2. The molecule has 0 aliphatic carbocycles. The van der Waals surface area contributed by atoms with E-state index in [0.29, 0.717) is 12.0 Å². The summed E-state index contributed by atoms with van der Waals surface area (Å²) in [5.41, 5.74) is 4.36. The van der Waals surface area contributed by atoms with Crippen LogP contribution in [0.15, 0.2) is 47.4 Å². The monoisotopic (exact) mass is 306 g/mol. The summed E-state index contributed by atoms with van der Waals surface area (Å²) in [5.74, 6) is 5.55. The van der Waals surface area contributed by atoms with Crippen LogP contribution in [0.1, 0.15) is 17.2 Å². The number of benzene rings is 2. The maximum Gasteiger partial charge on any atom is 0.168 e. The maximum absolute atomic E-state index is 14.2. The molecule has 2 rings (SSSR count). The number of halogens is 1. The van der Waals surface area contributed by atoms with E-state index in [2.05, 4.69) is 5.43 Å². The van der Waals surface area contributed by atoms with Crippen molar-refractivity contribution in [2.75, 3.05) is 13.4 Å². The molecular weight excluding hydrogens is 287 g/mol. The highest BCUT2D eigenvalue weighted by Crippen LogP contribution is 2.26. The standard InChI is InChI=1S/C16H19FN2OS/c1-20-15-5-3-4-12(16(15)17)10-14(19-18)11-6-8-13(21-2)9-7-11/h3-9,14,19H,10,18H2,1-2H3. The molecule has 5 heteroatoms. The summed E-state index contributed by atoms with van der Waals surface area (Å²) >= 11 is 1.68. The van der Waals surface area contributed by atoms with Crippen molar-refractivity contribution in [2.24, 2.45) is 5.84 Å². The van der Waals surface area contributed by atoms with E-state index in [9.17, 15) is 4.39 Å². The molecule has 2 aromatic carbocycles. The first-order chi connectivity index (χ1) is 10.2. The molecule has 0 aromatic heterocycles. The second-order valence-corrected chi connectivity index (χ2v) is 5.51. The smallest absolute Gasteiger partial charge is 0.168 e. The van der Waals surface area contributed by atoms with Crippen molar-refractivity contribution < 1.29 is 9.13 Å². The van der Waals surface area contributed by atoms with Gasteiger partial charge in [-0.1, -0.05) is 24.3 Å². The number of methoxy groups -OCH3 is 1. The van der Waals surface area contributed by atoms with E-state index in [4.69, 9.17) is 10.6 Å². The molecule has 0 spiro atoms. The Labute approximate surface area is 128 Å². The van der Waals surface area contributed by atoms with Crippen molar-refractivity contribution in [2.45, 2.75) is 17.4 Å². The molecule has 2 aromatic rings. The van der Waals surface area contributed by atoms with E-state index in [0.717, 1.165) is 5.56 Å². The van der Waals surface area contributed by atoms with Gasteiger partial charge in [-0.25, -0.2) is 4.39 Å². The van der Waals surface area contributed by atoms with Gasteiger partial charge in [0.25, 0.3) is 0 Å². The summed E-state index contributed by atoms with van der Waals surface area (Å²) in [4.78, 5) is 1.18. The topological polar surface area (TPSA) is 47.3 Å². The van der Waals surface area contributed by atoms with Crippen LogP contribution in [0.5, 0.6) is 5.75 Å². The molecule has 0 bridgehead atoms. The molecule has 1 unspecified atom stereocenters. The van der Waals surface area contributed by atoms with Gasteiger partial charge in [0.15, 0.2) is 11.6 Å². The summed E-state index contributed by atoms with van der Waals surface area (Å²) in [7, 11) is 1.46. The van der Waals surface area contributed by atoms with Crippen molar-refractivity contribution in [3.63, 3.8) is 0 Å². The maximum atomic E-state index is 14.2. The Balaban J connectivity index is 2.22. The summed E-state index contributed by atoms with van der Waals surface area (Å²) < 4.78 is 19.2. The average molecular weight is 306 g/mol. The SMILES string of the molecule is COc1cccc(CC(NN)c2ccc(SC)cc2)c1F. The van der Waals surface area contributed by atoms with Gasteiger partial charge in [-0.3, -0.25) is 11.3 Å². The van der Waals surface area contributed by atoms with Gasteiger partial charge in [0.2, 0.25) is 0 Å². The van der Waals surface area contributed by atoms with E-state index in [-0.39, 0.29) is 17.6 Å². The lowest BCUT2D eigenvalue weighted by Gasteiger charge is -2.18. The lowest BCUT2D eigenvalue weighted by atomic mass is 9.99. The molecule has 21 heavy (non-hydrogen) atoms. The molecular formula is C16H19FN2OS. The lowest BCUT2D eigenvalue weighted by molar-refractivity contribution is 0.382. The first kappa shape index (κ1) is 15.8. The third-order valence-corrected chi connectivity index (χ3v) is 4.15. The third kappa shape index (κ3) is 3.75. The van der Waals surface area contributed by atoms with Gasteiger partial charge >= 0.3 is 0 Å². The molecule has 0 aliphatic rings. The summed E-state index contributed by atoms with van der Waals surface area (Å²) in [5, 5.41) is 0. The van der Waals surface area contributed by atoms with Crippen LogP contribution >= 0.6 is 11.8 Å². The molecule has 112 valence electrons. The number of thioether (sulfide) groups is 1. The number of nitrogens with one attached hydrogen (secondary N) is 1. The van der Waals surface area contributed by atoms with Gasteiger partial charge < -0.3 is 4.74 Å². The van der Waals surface area contributed by atoms with Crippen molar-refractivity contribution in [3.8, 4) is 5.75 Å². The van der Waals surface area contributed by atoms with Crippen LogP contribution in [0, 0.1) is 5.82 Å². The molecule has 3 nitrogen and oxygen atoms in total. The van der Waals surface area contributed by atoms with Crippen LogP contribution in [0.3, 0.4) is 0 Å². The van der Waals surface area contributed by atoms with Crippen LogP contribution in [-0.4, -0.2) is 13.4 Å².